The molecule has 0 radical (unpaired) electrons. The number of carbonyl (C=O) groups is 1. The predicted octanol–water partition coefficient (Wildman–Crippen LogP) is 4.72. The van der Waals surface area contributed by atoms with Crippen LogP contribution in [-0.2, 0) is 0 Å². The summed E-state index contributed by atoms with van der Waals surface area (Å²) in [5.41, 5.74) is 3.00. The second-order valence-corrected chi connectivity index (χ2v) is 7.46. The zero-order valence-electron chi connectivity index (χ0n) is 16.1. The highest BCUT2D eigenvalue weighted by Gasteiger charge is 2.15. The Morgan fingerprint density at radius 3 is 2.37 bits per heavy atom. The number of benzene rings is 2. The topological polar surface area (TPSA) is 66.9 Å². The highest BCUT2D eigenvalue weighted by Crippen LogP contribution is 2.22. The van der Waals surface area contributed by atoms with Crippen molar-refractivity contribution in [2.24, 2.45) is 0 Å². The quantitative estimate of drug-likeness (QED) is 0.706. The summed E-state index contributed by atoms with van der Waals surface area (Å²) < 4.78 is 0. The van der Waals surface area contributed by atoms with Gasteiger partial charge >= 0.3 is 0 Å². The molecule has 2 N–H and O–H groups in total. The average molecular weight is 360 g/mol. The lowest BCUT2D eigenvalue weighted by Crippen LogP contribution is -2.40. The molecule has 1 heterocycles. The number of nitrogens with one attached hydrogen (secondary N) is 2. The maximum Gasteiger partial charge on any atom is 0.251 e. The number of aromatic nitrogens is 2. The molecular weight excluding hydrogens is 336 g/mol. The van der Waals surface area contributed by atoms with Gasteiger partial charge in [0.1, 0.15) is 11.6 Å². The largest absolute Gasteiger partial charge is 0.347 e. The van der Waals surface area contributed by atoms with E-state index in [-0.39, 0.29) is 11.4 Å². The summed E-state index contributed by atoms with van der Waals surface area (Å²) in [7, 11) is 0. The molecule has 27 heavy (non-hydrogen) atoms. The average Bonchev–Trinajstić information content (AvgIpc) is 2.61. The number of rotatable bonds is 4. The number of anilines is 2. The van der Waals surface area contributed by atoms with E-state index in [0.29, 0.717) is 17.2 Å². The molecule has 0 aliphatic heterocycles. The van der Waals surface area contributed by atoms with Crippen LogP contribution in [0.15, 0.2) is 60.7 Å². The SMILES string of the molecule is Cc1nc(Nc2cccc(C(=O)NC(C)(C)C)c2)cc(-c2ccccc2)n1. The number of carbonyl (C=O) groups excluding carboxylic acids is 1. The van der Waals surface area contributed by atoms with Crippen molar-refractivity contribution in [2.75, 3.05) is 5.32 Å². The first-order valence-electron chi connectivity index (χ1n) is 8.91. The van der Waals surface area contributed by atoms with Gasteiger partial charge in [-0.25, -0.2) is 9.97 Å². The van der Waals surface area contributed by atoms with Crippen LogP contribution in [0.5, 0.6) is 0 Å². The molecule has 0 bridgehead atoms. The van der Waals surface area contributed by atoms with E-state index in [1.165, 1.54) is 0 Å². The van der Waals surface area contributed by atoms with E-state index in [1.54, 1.807) is 6.07 Å². The highest BCUT2D eigenvalue weighted by atomic mass is 16.1. The third-order valence-electron chi connectivity index (χ3n) is 3.79. The second kappa shape index (κ2) is 7.58. The van der Waals surface area contributed by atoms with Crippen LogP contribution in [0.25, 0.3) is 11.3 Å². The summed E-state index contributed by atoms with van der Waals surface area (Å²) in [5.74, 6) is 1.27. The van der Waals surface area contributed by atoms with E-state index in [2.05, 4.69) is 20.6 Å². The lowest BCUT2D eigenvalue weighted by molar-refractivity contribution is 0.0919. The van der Waals surface area contributed by atoms with Crippen molar-refractivity contribution < 1.29 is 4.79 Å². The van der Waals surface area contributed by atoms with Gasteiger partial charge in [-0.2, -0.15) is 0 Å². The minimum absolute atomic E-state index is 0.102. The zero-order valence-corrected chi connectivity index (χ0v) is 16.1. The number of aryl methyl sites for hydroxylation is 1. The van der Waals surface area contributed by atoms with Gasteiger partial charge in [-0.3, -0.25) is 4.79 Å². The van der Waals surface area contributed by atoms with Crippen molar-refractivity contribution in [3.8, 4) is 11.3 Å². The van der Waals surface area contributed by atoms with E-state index in [9.17, 15) is 4.79 Å². The van der Waals surface area contributed by atoms with Crippen molar-refractivity contribution in [2.45, 2.75) is 33.2 Å². The van der Waals surface area contributed by atoms with Crippen molar-refractivity contribution in [3.63, 3.8) is 0 Å². The van der Waals surface area contributed by atoms with Crippen LogP contribution in [0.3, 0.4) is 0 Å². The lowest BCUT2D eigenvalue weighted by atomic mass is 10.1. The molecule has 5 heteroatoms. The van der Waals surface area contributed by atoms with Crippen molar-refractivity contribution >= 4 is 17.4 Å². The third-order valence-corrected chi connectivity index (χ3v) is 3.79. The number of nitrogens with zero attached hydrogens (tertiary/aromatic N) is 2. The molecule has 3 rings (SSSR count). The molecule has 5 nitrogen and oxygen atoms in total. The Labute approximate surface area is 159 Å². The fourth-order valence-corrected chi connectivity index (χ4v) is 2.69. The van der Waals surface area contributed by atoms with Crippen molar-refractivity contribution in [3.05, 3.63) is 72.1 Å². The van der Waals surface area contributed by atoms with Gasteiger partial charge in [0.15, 0.2) is 0 Å². The van der Waals surface area contributed by atoms with Gasteiger partial charge in [0.25, 0.3) is 5.91 Å². The van der Waals surface area contributed by atoms with Crippen LogP contribution in [0.4, 0.5) is 11.5 Å². The monoisotopic (exact) mass is 360 g/mol. The van der Waals surface area contributed by atoms with Crippen LogP contribution in [-0.4, -0.2) is 21.4 Å². The Morgan fingerprint density at radius 2 is 1.67 bits per heavy atom. The van der Waals surface area contributed by atoms with Crippen molar-refractivity contribution in [1.82, 2.24) is 15.3 Å². The first-order chi connectivity index (χ1) is 12.8. The van der Waals surface area contributed by atoms with Gasteiger partial charge in [-0.15, -0.1) is 0 Å². The number of hydrogen-bond acceptors (Lipinski definition) is 4. The molecule has 0 aliphatic rings. The Bertz CT molecular complexity index is 946. The van der Waals surface area contributed by atoms with Gasteiger partial charge < -0.3 is 10.6 Å². The van der Waals surface area contributed by atoms with Crippen LogP contribution >= 0.6 is 0 Å². The molecule has 138 valence electrons. The van der Waals surface area contributed by atoms with E-state index in [1.807, 2.05) is 82.3 Å². The van der Waals surface area contributed by atoms with Crippen molar-refractivity contribution in [1.29, 1.82) is 0 Å². The van der Waals surface area contributed by atoms with Gasteiger partial charge in [0, 0.05) is 28.4 Å². The molecule has 0 saturated heterocycles. The van der Waals surface area contributed by atoms with Crippen LogP contribution < -0.4 is 10.6 Å². The zero-order chi connectivity index (χ0) is 19.4. The van der Waals surface area contributed by atoms with Crippen LogP contribution in [0.1, 0.15) is 37.0 Å². The molecule has 1 amide bonds. The molecule has 0 fully saturated rings. The molecule has 1 aromatic heterocycles. The van der Waals surface area contributed by atoms with E-state index < -0.39 is 0 Å². The number of hydrogen-bond donors (Lipinski definition) is 2. The predicted molar refractivity (Wildman–Crippen MR) is 109 cm³/mol. The third kappa shape index (κ3) is 5.14. The van der Waals surface area contributed by atoms with Crippen LogP contribution in [0.2, 0.25) is 0 Å². The molecule has 0 spiro atoms. The smallest absolute Gasteiger partial charge is 0.251 e. The molecular formula is C22H24N4O. The molecule has 0 unspecified atom stereocenters. The molecule has 0 aliphatic carbocycles. The minimum atomic E-state index is -0.283. The Kier molecular flexibility index (Phi) is 5.21. The second-order valence-electron chi connectivity index (χ2n) is 7.46. The van der Waals surface area contributed by atoms with E-state index in [4.69, 9.17) is 0 Å². The summed E-state index contributed by atoms with van der Waals surface area (Å²) >= 11 is 0. The minimum Gasteiger partial charge on any atom is -0.347 e. The van der Waals surface area contributed by atoms with Crippen LogP contribution in [0, 0.1) is 6.92 Å². The van der Waals surface area contributed by atoms with Gasteiger partial charge in [0.2, 0.25) is 0 Å². The van der Waals surface area contributed by atoms with Gasteiger partial charge in [0.05, 0.1) is 5.69 Å². The molecule has 0 saturated carbocycles. The molecule has 2 aromatic carbocycles. The fourth-order valence-electron chi connectivity index (χ4n) is 2.69. The summed E-state index contributed by atoms with van der Waals surface area (Å²) in [6.45, 7) is 7.75. The maximum atomic E-state index is 12.4. The Balaban J connectivity index is 1.85. The summed E-state index contributed by atoms with van der Waals surface area (Å²) in [5, 5.41) is 6.26. The first-order valence-corrected chi connectivity index (χ1v) is 8.91. The van der Waals surface area contributed by atoms with E-state index in [0.717, 1.165) is 16.9 Å². The lowest BCUT2D eigenvalue weighted by Gasteiger charge is -2.20. The van der Waals surface area contributed by atoms with E-state index >= 15 is 0 Å². The standard InChI is InChI=1S/C22H24N4O/c1-15-23-19(16-9-6-5-7-10-16)14-20(24-15)25-18-12-8-11-17(13-18)21(27)26-22(2,3)4/h5-14H,1-4H3,(H,26,27)(H,23,24,25). The molecule has 3 aromatic rings. The first kappa shape index (κ1) is 18.6. The summed E-state index contributed by atoms with van der Waals surface area (Å²) in [6.07, 6.45) is 0. The summed E-state index contributed by atoms with van der Waals surface area (Å²) in [6, 6.07) is 19.3. The maximum absolute atomic E-state index is 12.4. The number of amides is 1. The van der Waals surface area contributed by atoms with Gasteiger partial charge in [-0.05, 0) is 45.9 Å². The molecule has 0 atom stereocenters. The highest BCUT2D eigenvalue weighted by molar-refractivity contribution is 5.95. The Morgan fingerprint density at radius 1 is 0.926 bits per heavy atom. The normalized spacial score (nSPS) is 11.1. The van der Waals surface area contributed by atoms with Gasteiger partial charge in [-0.1, -0.05) is 36.4 Å². The Hall–Kier alpha value is -3.21. The fraction of sp³-hybridized carbons (Fsp3) is 0.227. The summed E-state index contributed by atoms with van der Waals surface area (Å²) in [4.78, 5) is 21.4.